The molecule has 0 aromatic carbocycles. The number of hydrogen-bond acceptors (Lipinski definition) is 2. The lowest BCUT2D eigenvalue weighted by molar-refractivity contribution is 0.161. The highest BCUT2D eigenvalue weighted by Crippen LogP contribution is 2.35. The maximum atomic E-state index is 6.00. The SMILES string of the molecule is CC1CCCCC1(CN)NCCC1CC1. The maximum Gasteiger partial charge on any atom is 0.0329 e. The van der Waals surface area contributed by atoms with Crippen molar-refractivity contribution in [1.82, 2.24) is 5.32 Å². The van der Waals surface area contributed by atoms with Crippen LogP contribution < -0.4 is 11.1 Å². The molecule has 0 bridgehead atoms. The van der Waals surface area contributed by atoms with Crippen LogP contribution in [0.4, 0.5) is 0 Å². The van der Waals surface area contributed by atoms with Crippen LogP contribution in [0.25, 0.3) is 0 Å². The van der Waals surface area contributed by atoms with Crippen LogP contribution in [0.15, 0.2) is 0 Å². The van der Waals surface area contributed by atoms with Crippen LogP contribution in [0.3, 0.4) is 0 Å². The minimum atomic E-state index is 0.271. The normalized spacial score (nSPS) is 36.8. The summed E-state index contributed by atoms with van der Waals surface area (Å²) < 4.78 is 0. The van der Waals surface area contributed by atoms with Gasteiger partial charge in [0.1, 0.15) is 0 Å². The van der Waals surface area contributed by atoms with Gasteiger partial charge in [0, 0.05) is 12.1 Å². The van der Waals surface area contributed by atoms with Gasteiger partial charge in [0.2, 0.25) is 0 Å². The van der Waals surface area contributed by atoms with E-state index in [1.54, 1.807) is 0 Å². The van der Waals surface area contributed by atoms with Gasteiger partial charge in [-0.15, -0.1) is 0 Å². The summed E-state index contributed by atoms with van der Waals surface area (Å²) in [6.07, 6.45) is 9.70. The van der Waals surface area contributed by atoms with Crippen molar-refractivity contribution >= 4 is 0 Å². The summed E-state index contributed by atoms with van der Waals surface area (Å²) in [7, 11) is 0. The van der Waals surface area contributed by atoms with Crippen LogP contribution in [-0.4, -0.2) is 18.6 Å². The van der Waals surface area contributed by atoms with Crippen molar-refractivity contribution in [3.63, 3.8) is 0 Å². The fraction of sp³-hybridized carbons (Fsp3) is 1.00. The molecule has 2 saturated carbocycles. The molecule has 0 aromatic heterocycles. The summed E-state index contributed by atoms with van der Waals surface area (Å²) in [5.74, 6) is 1.79. The van der Waals surface area contributed by atoms with E-state index in [1.807, 2.05) is 0 Å². The van der Waals surface area contributed by atoms with Crippen molar-refractivity contribution in [3.8, 4) is 0 Å². The lowest BCUT2D eigenvalue weighted by atomic mass is 9.73. The van der Waals surface area contributed by atoms with Gasteiger partial charge < -0.3 is 11.1 Å². The summed E-state index contributed by atoms with van der Waals surface area (Å²) >= 11 is 0. The van der Waals surface area contributed by atoms with E-state index < -0.39 is 0 Å². The van der Waals surface area contributed by atoms with Gasteiger partial charge in [0.05, 0.1) is 0 Å². The fourth-order valence-corrected chi connectivity index (χ4v) is 2.98. The van der Waals surface area contributed by atoms with E-state index in [-0.39, 0.29) is 5.54 Å². The molecule has 0 aromatic rings. The summed E-state index contributed by atoms with van der Waals surface area (Å²) in [4.78, 5) is 0. The highest BCUT2D eigenvalue weighted by atomic mass is 15.0. The molecule has 3 N–H and O–H groups in total. The van der Waals surface area contributed by atoms with Crippen LogP contribution in [0.5, 0.6) is 0 Å². The zero-order valence-electron chi connectivity index (χ0n) is 10.1. The quantitative estimate of drug-likeness (QED) is 0.730. The first kappa shape index (κ1) is 11.4. The summed E-state index contributed by atoms with van der Waals surface area (Å²) in [5.41, 5.74) is 6.27. The molecule has 2 aliphatic carbocycles. The van der Waals surface area contributed by atoms with E-state index in [0.29, 0.717) is 0 Å². The van der Waals surface area contributed by atoms with Crippen molar-refractivity contribution in [2.24, 2.45) is 17.6 Å². The van der Waals surface area contributed by atoms with Crippen molar-refractivity contribution in [2.75, 3.05) is 13.1 Å². The average Bonchev–Trinajstić information content (AvgIpc) is 3.05. The van der Waals surface area contributed by atoms with E-state index in [9.17, 15) is 0 Å². The molecule has 88 valence electrons. The predicted molar refractivity (Wildman–Crippen MR) is 64.8 cm³/mol. The van der Waals surface area contributed by atoms with Crippen molar-refractivity contribution < 1.29 is 0 Å². The lowest BCUT2D eigenvalue weighted by Crippen LogP contribution is -2.57. The third kappa shape index (κ3) is 2.73. The number of hydrogen-bond donors (Lipinski definition) is 2. The Labute approximate surface area is 94.0 Å². The molecule has 0 spiro atoms. The maximum absolute atomic E-state index is 6.00. The summed E-state index contributed by atoms with van der Waals surface area (Å²) in [6, 6.07) is 0. The van der Waals surface area contributed by atoms with Crippen molar-refractivity contribution in [2.45, 2.75) is 57.4 Å². The van der Waals surface area contributed by atoms with Gasteiger partial charge in [-0.3, -0.25) is 0 Å². The Kier molecular flexibility index (Phi) is 3.68. The average molecular weight is 210 g/mol. The van der Waals surface area contributed by atoms with Gasteiger partial charge in [0.25, 0.3) is 0 Å². The zero-order chi connectivity index (χ0) is 10.7. The lowest BCUT2D eigenvalue weighted by Gasteiger charge is -2.43. The second-order valence-corrected chi connectivity index (χ2v) is 5.67. The van der Waals surface area contributed by atoms with E-state index in [0.717, 1.165) is 18.4 Å². The van der Waals surface area contributed by atoms with Crippen LogP contribution in [0.2, 0.25) is 0 Å². The molecular weight excluding hydrogens is 184 g/mol. The standard InChI is InChI=1S/C13H26N2/c1-11-4-2-3-8-13(11,10-14)15-9-7-12-5-6-12/h11-12,15H,2-10,14H2,1H3. The second kappa shape index (κ2) is 4.84. The Bertz CT molecular complexity index is 201. The van der Waals surface area contributed by atoms with E-state index in [2.05, 4.69) is 12.2 Å². The third-order valence-corrected chi connectivity index (χ3v) is 4.54. The monoisotopic (exact) mass is 210 g/mol. The number of rotatable bonds is 5. The topological polar surface area (TPSA) is 38.0 Å². The van der Waals surface area contributed by atoms with Crippen molar-refractivity contribution in [3.05, 3.63) is 0 Å². The molecule has 2 fully saturated rings. The van der Waals surface area contributed by atoms with Gasteiger partial charge in [-0.2, -0.15) is 0 Å². The van der Waals surface area contributed by atoms with Crippen LogP contribution >= 0.6 is 0 Å². The molecule has 0 heterocycles. The Morgan fingerprint density at radius 1 is 1.27 bits per heavy atom. The molecule has 2 heteroatoms. The Hall–Kier alpha value is -0.0800. The molecule has 0 radical (unpaired) electrons. The largest absolute Gasteiger partial charge is 0.329 e. The van der Waals surface area contributed by atoms with Crippen molar-refractivity contribution in [1.29, 1.82) is 0 Å². The molecule has 0 aliphatic heterocycles. The Balaban J connectivity index is 1.81. The van der Waals surface area contributed by atoms with Gasteiger partial charge in [0.15, 0.2) is 0 Å². The molecule has 0 amide bonds. The Morgan fingerprint density at radius 3 is 2.67 bits per heavy atom. The van der Waals surface area contributed by atoms with E-state index in [4.69, 9.17) is 5.73 Å². The molecular formula is C13H26N2. The zero-order valence-corrected chi connectivity index (χ0v) is 10.1. The first-order valence-corrected chi connectivity index (χ1v) is 6.72. The van der Waals surface area contributed by atoms with Gasteiger partial charge in [-0.25, -0.2) is 0 Å². The van der Waals surface area contributed by atoms with Gasteiger partial charge in [-0.05, 0) is 37.6 Å². The van der Waals surface area contributed by atoms with Gasteiger partial charge >= 0.3 is 0 Å². The van der Waals surface area contributed by atoms with Crippen LogP contribution in [0.1, 0.15) is 51.9 Å². The molecule has 2 nitrogen and oxygen atoms in total. The van der Waals surface area contributed by atoms with Crippen LogP contribution in [-0.2, 0) is 0 Å². The molecule has 2 unspecified atom stereocenters. The molecule has 2 aliphatic rings. The number of nitrogens with two attached hydrogens (primary N) is 1. The highest BCUT2D eigenvalue weighted by Gasteiger charge is 2.36. The first-order chi connectivity index (χ1) is 7.27. The van der Waals surface area contributed by atoms with Gasteiger partial charge in [-0.1, -0.05) is 32.6 Å². The predicted octanol–water partition coefficient (Wildman–Crippen LogP) is 2.28. The van der Waals surface area contributed by atoms with E-state index in [1.165, 1.54) is 51.5 Å². The van der Waals surface area contributed by atoms with Crippen LogP contribution in [0, 0.1) is 11.8 Å². The molecule has 2 atom stereocenters. The third-order valence-electron chi connectivity index (χ3n) is 4.54. The van der Waals surface area contributed by atoms with E-state index >= 15 is 0 Å². The minimum Gasteiger partial charge on any atom is -0.329 e. The smallest absolute Gasteiger partial charge is 0.0329 e. The second-order valence-electron chi connectivity index (χ2n) is 5.67. The minimum absolute atomic E-state index is 0.271. The molecule has 0 saturated heterocycles. The highest BCUT2D eigenvalue weighted by molar-refractivity contribution is 4.96. The fourth-order valence-electron chi connectivity index (χ4n) is 2.98. The number of nitrogens with one attached hydrogen (secondary N) is 1. The Morgan fingerprint density at radius 2 is 2.07 bits per heavy atom. The summed E-state index contributed by atoms with van der Waals surface area (Å²) in [5, 5.41) is 3.78. The molecule has 15 heavy (non-hydrogen) atoms. The summed E-state index contributed by atoms with van der Waals surface area (Å²) in [6.45, 7) is 4.38. The first-order valence-electron chi connectivity index (χ1n) is 6.72. The molecule has 2 rings (SSSR count).